The first kappa shape index (κ1) is 35.1. The summed E-state index contributed by atoms with van der Waals surface area (Å²) in [4.78, 5) is 45.6. The van der Waals surface area contributed by atoms with Gasteiger partial charge in [-0.1, -0.05) is 82.6 Å². The lowest BCUT2D eigenvalue weighted by Gasteiger charge is -2.41. The Kier molecular flexibility index (Phi) is 10.9. The van der Waals surface area contributed by atoms with E-state index < -0.39 is 53.1 Å². The number of aryl methyl sites for hydroxylation is 1. The Balaban J connectivity index is 1.80. The van der Waals surface area contributed by atoms with E-state index in [1.165, 1.54) is 30.3 Å². The Morgan fingerprint density at radius 2 is 1.83 bits per heavy atom. The number of carbonyl (C=O) groups is 3. The van der Waals surface area contributed by atoms with E-state index in [9.17, 15) is 28.3 Å². The average Bonchev–Trinajstić information content (AvgIpc) is 3.37. The quantitative estimate of drug-likeness (QED) is 0.153. The molecule has 0 fully saturated rings. The van der Waals surface area contributed by atoms with Crippen molar-refractivity contribution in [2.75, 3.05) is 0 Å². The molecule has 0 spiro atoms. The molecule has 0 saturated heterocycles. The van der Waals surface area contributed by atoms with Crippen LogP contribution in [0.1, 0.15) is 63.8 Å². The third kappa shape index (κ3) is 7.12. The zero-order valence-electron chi connectivity index (χ0n) is 26.3. The highest BCUT2D eigenvalue weighted by atomic mass is 35.5. The Morgan fingerprint density at radius 1 is 1.15 bits per heavy atom. The standard InChI is InChI=1S/C33H40ClF2N5O4S/c1-5-17(3)26(29(37)46)39-31(43)33(12-11-25-22(15-33)21-13-20(35)14-23(34)27(21)38-25)40-30(42)28(18(4)6-2)41(32(44)45)16-19-9-7-8-10-24(19)36/h7-10,13-14,17-18,26,28,38H,5-6,11-12,15-16H2,1-4H3,(H2,37,46)(H,39,43)(H,40,42)(H,44,45)/t17-,18-,26?,28?,33+/m0/s1. The molecule has 0 saturated carbocycles. The minimum Gasteiger partial charge on any atom is -0.465 e. The van der Waals surface area contributed by atoms with Crippen LogP contribution < -0.4 is 16.4 Å². The zero-order valence-corrected chi connectivity index (χ0v) is 27.8. The van der Waals surface area contributed by atoms with E-state index in [1.807, 2.05) is 20.8 Å². The van der Waals surface area contributed by atoms with Crippen molar-refractivity contribution in [3.05, 3.63) is 69.9 Å². The minimum absolute atomic E-state index is 0.0438. The summed E-state index contributed by atoms with van der Waals surface area (Å²) >= 11 is 11.6. The van der Waals surface area contributed by atoms with E-state index in [1.54, 1.807) is 13.0 Å². The molecule has 6 N–H and O–H groups in total. The molecule has 1 aliphatic rings. The first-order chi connectivity index (χ1) is 21.7. The molecule has 1 aliphatic carbocycles. The highest BCUT2D eigenvalue weighted by Crippen LogP contribution is 2.38. The fraction of sp³-hybridized carbons (Fsp3) is 0.455. The van der Waals surface area contributed by atoms with Gasteiger partial charge in [-0.05, 0) is 48.4 Å². The van der Waals surface area contributed by atoms with E-state index in [-0.39, 0.29) is 40.9 Å². The number of rotatable bonds is 12. The average molecular weight is 676 g/mol. The minimum atomic E-state index is -1.59. The number of hydrogen-bond donors (Lipinski definition) is 5. The first-order valence-corrected chi connectivity index (χ1v) is 16.1. The number of H-pyrrole nitrogens is 1. The maximum atomic E-state index is 14.6. The Bertz CT molecular complexity index is 1650. The molecule has 2 unspecified atom stereocenters. The van der Waals surface area contributed by atoms with Gasteiger partial charge in [0.25, 0.3) is 0 Å². The van der Waals surface area contributed by atoms with E-state index in [0.717, 1.165) is 10.6 Å². The van der Waals surface area contributed by atoms with Crippen molar-refractivity contribution in [1.29, 1.82) is 0 Å². The summed E-state index contributed by atoms with van der Waals surface area (Å²) in [5.74, 6) is -3.06. The fourth-order valence-electron chi connectivity index (χ4n) is 6.17. The van der Waals surface area contributed by atoms with Crippen molar-refractivity contribution in [1.82, 2.24) is 20.5 Å². The molecule has 13 heteroatoms. The number of aromatic amines is 1. The predicted octanol–water partition coefficient (Wildman–Crippen LogP) is 5.86. The Hall–Kier alpha value is -3.77. The number of fused-ring (bicyclic) bond motifs is 3. The number of amides is 3. The molecule has 2 aromatic carbocycles. The number of nitrogens with one attached hydrogen (secondary N) is 3. The van der Waals surface area contributed by atoms with Crippen LogP contribution in [0.4, 0.5) is 13.6 Å². The van der Waals surface area contributed by atoms with Crippen molar-refractivity contribution >= 4 is 57.6 Å². The van der Waals surface area contributed by atoms with Crippen molar-refractivity contribution in [2.24, 2.45) is 17.6 Å². The smallest absolute Gasteiger partial charge is 0.408 e. The molecule has 46 heavy (non-hydrogen) atoms. The SMILES string of the molecule is CC[C@H](C)C(NC(=O)[C@@]1(NC(=O)C([C@@H](C)CC)N(Cc2ccccc2F)C(=O)O)CCc2[nH]c3c(Cl)cc(F)cc3c2C1)C(N)=S. The van der Waals surface area contributed by atoms with Gasteiger partial charge in [0.05, 0.1) is 28.1 Å². The van der Waals surface area contributed by atoms with Crippen LogP contribution in [0.2, 0.25) is 5.02 Å². The molecule has 5 atom stereocenters. The predicted molar refractivity (Wildman–Crippen MR) is 178 cm³/mol. The fourth-order valence-corrected chi connectivity index (χ4v) is 6.72. The van der Waals surface area contributed by atoms with Gasteiger partial charge in [0.15, 0.2) is 0 Å². The molecule has 3 aromatic rings. The van der Waals surface area contributed by atoms with Crippen LogP contribution in [-0.2, 0) is 29.0 Å². The Morgan fingerprint density at radius 3 is 2.43 bits per heavy atom. The molecule has 1 heterocycles. The highest BCUT2D eigenvalue weighted by Gasteiger charge is 2.47. The molecular weight excluding hydrogens is 636 g/mol. The molecule has 1 aromatic heterocycles. The summed E-state index contributed by atoms with van der Waals surface area (Å²) in [5, 5.41) is 16.8. The first-order valence-electron chi connectivity index (χ1n) is 15.4. The van der Waals surface area contributed by atoms with Gasteiger partial charge in [0.2, 0.25) is 11.8 Å². The lowest BCUT2D eigenvalue weighted by Crippen LogP contribution is -2.67. The molecule has 248 valence electrons. The third-order valence-electron chi connectivity index (χ3n) is 9.24. The molecule has 9 nitrogen and oxygen atoms in total. The van der Waals surface area contributed by atoms with E-state index in [2.05, 4.69) is 15.6 Å². The number of thiocarbonyl (C=S) groups is 1. The lowest BCUT2D eigenvalue weighted by atomic mass is 9.78. The molecule has 0 bridgehead atoms. The topological polar surface area (TPSA) is 141 Å². The number of nitrogens with two attached hydrogens (primary N) is 1. The normalized spacial score (nSPS) is 18.6. The highest BCUT2D eigenvalue weighted by molar-refractivity contribution is 7.80. The van der Waals surface area contributed by atoms with Crippen LogP contribution in [0.5, 0.6) is 0 Å². The largest absolute Gasteiger partial charge is 0.465 e. The summed E-state index contributed by atoms with van der Waals surface area (Å²) < 4.78 is 29.2. The summed E-state index contributed by atoms with van der Waals surface area (Å²) in [7, 11) is 0. The molecular formula is C33H40ClF2N5O4S. The van der Waals surface area contributed by atoms with Gasteiger partial charge in [-0.15, -0.1) is 0 Å². The summed E-state index contributed by atoms with van der Waals surface area (Å²) in [5.41, 5.74) is 6.41. The molecule has 0 radical (unpaired) electrons. The van der Waals surface area contributed by atoms with Gasteiger partial charge in [0.1, 0.15) is 23.2 Å². The third-order valence-corrected chi connectivity index (χ3v) is 9.79. The molecule has 3 amide bonds. The van der Waals surface area contributed by atoms with E-state index in [0.29, 0.717) is 35.7 Å². The van der Waals surface area contributed by atoms with E-state index >= 15 is 0 Å². The number of nitrogens with zero attached hydrogens (tertiary/aromatic N) is 1. The van der Waals surface area contributed by atoms with Gasteiger partial charge >= 0.3 is 6.09 Å². The maximum absolute atomic E-state index is 14.6. The number of aromatic nitrogens is 1. The second kappa shape index (κ2) is 14.3. The zero-order chi connectivity index (χ0) is 33.9. The summed E-state index contributed by atoms with van der Waals surface area (Å²) in [6, 6.07) is 6.32. The number of carbonyl (C=O) groups excluding carboxylic acids is 2. The Labute approximate surface area is 277 Å². The van der Waals surface area contributed by atoms with Crippen molar-refractivity contribution in [3.8, 4) is 0 Å². The van der Waals surface area contributed by atoms with Crippen LogP contribution in [0, 0.1) is 23.5 Å². The molecule has 4 rings (SSSR count). The second-order valence-electron chi connectivity index (χ2n) is 12.2. The number of benzene rings is 2. The van der Waals surface area contributed by atoms with E-state index in [4.69, 9.17) is 29.6 Å². The summed E-state index contributed by atoms with van der Waals surface area (Å²) in [6.07, 6.45) is 0.0370. The second-order valence-corrected chi connectivity index (χ2v) is 13.1. The van der Waals surface area contributed by atoms with Crippen LogP contribution in [-0.4, -0.2) is 55.5 Å². The van der Waals surface area contributed by atoms with Crippen molar-refractivity contribution in [2.45, 2.75) is 84.0 Å². The van der Waals surface area contributed by atoms with Crippen LogP contribution >= 0.6 is 23.8 Å². The van der Waals surface area contributed by atoms with Crippen LogP contribution in [0.15, 0.2) is 36.4 Å². The number of halogens is 3. The lowest BCUT2D eigenvalue weighted by molar-refractivity contribution is -0.137. The van der Waals surface area contributed by atoms with Crippen LogP contribution in [0.25, 0.3) is 10.9 Å². The number of carboxylic acid groups (broad SMARTS) is 1. The monoisotopic (exact) mass is 675 g/mol. The van der Waals surface area contributed by atoms with Crippen molar-refractivity contribution < 1.29 is 28.3 Å². The van der Waals surface area contributed by atoms with Gasteiger partial charge in [-0.25, -0.2) is 13.6 Å². The molecule has 0 aliphatic heterocycles. The van der Waals surface area contributed by atoms with Gasteiger partial charge in [0, 0.05) is 23.1 Å². The summed E-state index contributed by atoms with van der Waals surface area (Å²) in [6.45, 7) is 6.98. The van der Waals surface area contributed by atoms with Gasteiger partial charge < -0.3 is 26.5 Å². The van der Waals surface area contributed by atoms with Crippen molar-refractivity contribution in [3.63, 3.8) is 0 Å². The van der Waals surface area contributed by atoms with Crippen LogP contribution in [0.3, 0.4) is 0 Å². The number of hydrogen-bond acceptors (Lipinski definition) is 4. The maximum Gasteiger partial charge on any atom is 0.408 e. The van der Waals surface area contributed by atoms with Gasteiger partial charge in [-0.2, -0.15) is 0 Å². The van der Waals surface area contributed by atoms with Gasteiger partial charge in [-0.3, -0.25) is 14.5 Å².